The molecule has 1 aromatic heterocycles. The average molecular weight is 231 g/mol. The van der Waals surface area contributed by atoms with E-state index in [1.54, 1.807) is 11.2 Å². The van der Waals surface area contributed by atoms with E-state index in [4.69, 9.17) is 5.26 Å². The molecule has 0 spiro atoms. The van der Waals surface area contributed by atoms with E-state index in [0.29, 0.717) is 25.9 Å². The molecule has 3 rings (SSSR count). The number of nitriles is 1. The Bertz CT molecular complexity index is 496. The normalized spacial score (nSPS) is 21.2. The lowest BCUT2D eigenvalue weighted by atomic mass is 9.69. The van der Waals surface area contributed by atoms with Gasteiger partial charge in [0.2, 0.25) is 5.91 Å². The molecular formula is C11H13N5O. The molecule has 1 amide bonds. The van der Waals surface area contributed by atoms with Crippen LogP contribution in [0.25, 0.3) is 0 Å². The van der Waals surface area contributed by atoms with Gasteiger partial charge in [0.25, 0.3) is 0 Å². The van der Waals surface area contributed by atoms with Gasteiger partial charge in [0, 0.05) is 13.1 Å². The molecule has 0 atom stereocenters. The highest BCUT2D eigenvalue weighted by molar-refractivity contribution is 5.86. The second kappa shape index (κ2) is 3.55. The SMILES string of the molecule is N#CC1(C(=O)N2CCn3cnnc3C2)CCC1. The van der Waals surface area contributed by atoms with Crippen LogP contribution in [0.1, 0.15) is 25.1 Å². The molecule has 2 aliphatic rings. The molecule has 0 N–H and O–H groups in total. The third kappa shape index (κ3) is 1.42. The maximum Gasteiger partial charge on any atom is 0.243 e. The first-order chi connectivity index (χ1) is 8.25. The van der Waals surface area contributed by atoms with Crippen LogP contribution < -0.4 is 0 Å². The Balaban J connectivity index is 1.79. The van der Waals surface area contributed by atoms with Gasteiger partial charge in [-0.1, -0.05) is 0 Å². The van der Waals surface area contributed by atoms with Gasteiger partial charge >= 0.3 is 0 Å². The first kappa shape index (κ1) is 10.3. The predicted molar refractivity (Wildman–Crippen MR) is 57.3 cm³/mol. The van der Waals surface area contributed by atoms with Gasteiger partial charge in [-0.25, -0.2) is 0 Å². The number of rotatable bonds is 1. The molecule has 17 heavy (non-hydrogen) atoms. The van der Waals surface area contributed by atoms with Crippen molar-refractivity contribution < 1.29 is 4.79 Å². The van der Waals surface area contributed by atoms with E-state index in [-0.39, 0.29) is 5.91 Å². The molecule has 6 nitrogen and oxygen atoms in total. The Morgan fingerprint density at radius 2 is 2.29 bits per heavy atom. The first-order valence-electron chi connectivity index (χ1n) is 5.82. The van der Waals surface area contributed by atoms with Crippen LogP contribution in [-0.4, -0.2) is 32.1 Å². The predicted octanol–water partition coefficient (Wildman–Crippen LogP) is 0.314. The summed E-state index contributed by atoms with van der Waals surface area (Å²) in [6, 6.07) is 2.20. The van der Waals surface area contributed by atoms with E-state index in [1.807, 2.05) is 4.57 Å². The molecule has 1 saturated carbocycles. The summed E-state index contributed by atoms with van der Waals surface area (Å²) in [6.45, 7) is 1.84. The summed E-state index contributed by atoms with van der Waals surface area (Å²) in [4.78, 5) is 14.1. The number of nitrogens with zero attached hydrogens (tertiary/aromatic N) is 5. The van der Waals surface area contributed by atoms with E-state index < -0.39 is 5.41 Å². The fourth-order valence-corrected chi connectivity index (χ4v) is 2.45. The molecule has 1 fully saturated rings. The van der Waals surface area contributed by atoms with Gasteiger partial charge in [-0.15, -0.1) is 10.2 Å². The molecule has 0 aromatic carbocycles. The van der Waals surface area contributed by atoms with Gasteiger partial charge in [-0.3, -0.25) is 4.79 Å². The zero-order chi connectivity index (χ0) is 11.9. The Morgan fingerprint density at radius 3 is 2.94 bits per heavy atom. The van der Waals surface area contributed by atoms with Gasteiger partial charge in [-0.05, 0) is 19.3 Å². The molecule has 6 heteroatoms. The number of fused-ring (bicyclic) bond motifs is 1. The van der Waals surface area contributed by atoms with Gasteiger partial charge in [0.05, 0.1) is 12.6 Å². The van der Waals surface area contributed by atoms with Crippen molar-refractivity contribution in [1.29, 1.82) is 5.26 Å². The van der Waals surface area contributed by atoms with Gasteiger partial charge in [-0.2, -0.15) is 5.26 Å². The van der Waals surface area contributed by atoms with Crippen LogP contribution in [0.15, 0.2) is 6.33 Å². The molecule has 1 aromatic rings. The zero-order valence-electron chi connectivity index (χ0n) is 9.46. The van der Waals surface area contributed by atoms with E-state index in [9.17, 15) is 4.79 Å². The maximum atomic E-state index is 12.3. The van der Waals surface area contributed by atoms with Crippen LogP contribution >= 0.6 is 0 Å². The van der Waals surface area contributed by atoms with Crippen LogP contribution in [0.4, 0.5) is 0 Å². The number of hydrogen-bond donors (Lipinski definition) is 0. The molecule has 0 bridgehead atoms. The Morgan fingerprint density at radius 1 is 1.47 bits per heavy atom. The van der Waals surface area contributed by atoms with Gasteiger partial charge < -0.3 is 9.47 Å². The van der Waals surface area contributed by atoms with E-state index in [0.717, 1.165) is 18.8 Å². The van der Waals surface area contributed by atoms with Crippen LogP contribution in [0.2, 0.25) is 0 Å². The summed E-state index contributed by atoms with van der Waals surface area (Å²) < 4.78 is 1.95. The summed E-state index contributed by atoms with van der Waals surface area (Å²) in [6.07, 6.45) is 4.06. The lowest BCUT2D eigenvalue weighted by Crippen LogP contribution is -2.49. The Hall–Kier alpha value is -1.90. The standard InChI is InChI=1S/C11H13N5O/c12-7-11(2-1-3-11)10(17)15-4-5-16-8-13-14-9(16)6-15/h8H,1-6H2. The number of aromatic nitrogens is 3. The van der Waals surface area contributed by atoms with Gasteiger partial charge in [0.1, 0.15) is 11.7 Å². The number of carbonyl (C=O) groups is 1. The molecule has 0 radical (unpaired) electrons. The van der Waals surface area contributed by atoms with Crippen LogP contribution in [0.3, 0.4) is 0 Å². The summed E-state index contributed by atoms with van der Waals surface area (Å²) in [7, 11) is 0. The molecule has 2 heterocycles. The summed E-state index contributed by atoms with van der Waals surface area (Å²) >= 11 is 0. The molecule has 1 aliphatic carbocycles. The van der Waals surface area contributed by atoms with Crippen LogP contribution in [-0.2, 0) is 17.9 Å². The lowest BCUT2D eigenvalue weighted by molar-refractivity contribution is -0.144. The number of amides is 1. The van der Waals surface area contributed by atoms with Crippen molar-refractivity contribution in [1.82, 2.24) is 19.7 Å². The highest BCUT2D eigenvalue weighted by Crippen LogP contribution is 2.42. The number of hydrogen-bond acceptors (Lipinski definition) is 4. The third-order valence-electron chi connectivity index (χ3n) is 3.76. The molecule has 1 aliphatic heterocycles. The summed E-state index contributed by atoms with van der Waals surface area (Å²) in [5, 5.41) is 17.0. The minimum atomic E-state index is -0.748. The van der Waals surface area contributed by atoms with Crippen LogP contribution in [0, 0.1) is 16.7 Å². The van der Waals surface area contributed by atoms with E-state index in [1.165, 1.54) is 0 Å². The molecule has 0 unspecified atom stereocenters. The van der Waals surface area contributed by atoms with Crippen molar-refractivity contribution >= 4 is 5.91 Å². The van der Waals surface area contributed by atoms with Crippen molar-refractivity contribution in [2.75, 3.05) is 6.54 Å². The van der Waals surface area contributed by atoms with E-state index in [2.05, 4.69) is 16.3 Å². The largest absolute Gasteiger partial charge is 0.332 e. The highest BCUT2D eigenvalue weighted by atomic mass is 16.2. The zero-order valence-corrected chi connectivity index (χ0v) is 9.46. The highest BCUT2D eigenvalue weighted by Gasteiger charge is 2.47. The van der Waals surface area contributed by atoms with Crippen molar-refractivity contribution in [3.8, 4) is 6.07 Å². The van der Waals surface area contributed by atoms with Crippen molar-refractivity contribution in [2.24, 2.45) is 5.41 Å². The van der Waals surface area contributed by atoms with Crippen molar-refractivity contribution in [2.45, 2.75) is 32.4 Å². The minimum Gasteiger partial charge on any atom is -0.332 e. The monoisotopic (exact) mass is 231 g/mol. The van der Waals surface area contributed by atoms with Gasteiger partial charge in [0.15, 0.2) is 5.82 Å². The third-order valence-corrected chi connectivity index (χ3v) is 3.76. The Kier molecular flexibility index (Phi) is 2.15. The number of carbonyl (C=O) groups excluding carboxylic acids is 1. The summed E-state index contributed by atoms with van der Waals surface area (Å²) in [5.41, 5.74) is -0.748. The second-order valence-corrected chi connectivity index (χ2v) is 4.71. The molecule has 0 saturated heterocycles. The molecular weight excluding hydrogens is 218 g/mol. The van der Waals surface area contributed by atoms with Crippen molar-refractivity contribution in [3.05, 3.63) is 12.2 Å². The maximum absolute atomic E-state index is 12.3. The fraction of sp³-hybridized carbons (Fsp3) is 0.636. The fourth-order valence-electron chi connectivity index (χ4n) is 2.45. The Labute approximate surface area is 98.8 Å². The quantitative estimate of drug-likeness (QED) is 0.697. The molecule has 88 valence electrons. The van der Waals surface area contributed by atoms with Crippen LogP contribution in [0.5, 0.6) is 0 Å². The summed E-state index contributed by atoms with van der Waals surface area (Å²) in [5.74, 6) is 0.775. The topological polar surface area (TPSA) is 74.8 Å². The lowest BCUT2D eigenvalue weighted by Gasteiger charge is -2.39. The smallest absolute Gasteiger partial charge is 0.243 e. The van der Waals surface area contributed by atoms with Crippen molar-refractivity contribution in [3.63, 3.8) is 0 Å². The second-order valence-electron chi connectivity index (χ2n) is 4.71. The first-order valence-corrected chi connectivity index (χ1v) is 5.82. The average Bonchev–Trinajstić information content (AvgIpc) is 2.74. The minimum absolute atomic E-state index is 0.0273. The van der Waals surface area contributed by atoms with E-state index >= 15 is 0 Å².